The molecular formula is C16H23ClN2O5. The summed E-state index contributed by atoms with van der Waals surface area (Å²) in [7, 11) is 0. The standard InChI is InChI=1S/C14H21ClN2O.C2H2O4/c1-2-16-7-9-17(10-8-16)11-12-18-14-5-3-13(15)4-6-14;3-1(4)2(5)6/h3-6H,2,7-12H2,1H3;(H,3,4)(H,5,6). The van der Waals surface area contributed by atoms with E-state index in [-0.39, 0.29) is 0 Å². The van der Waals surface area contributed by atoms with E-state index in [1.165, 1.54) is 13.1 Å². The molecule has 0 atom stereocenters. The van der Waals surface area contributed by atoms with E-state index in [0.29, 0.717) is 0 Å². The van der Waals surface area contributed by atoms with Crippen molar-refractivity contribution < 1.29 is 24.5 Å². The molecule has 134 valence electrons. The largest absolute Gasteiger partial charge is 0.492 e. The van der Waals surface area contributed by atoms with Crippen molar-refractivity contribution in [2.75, 3.05) is 45.9 Å². The molecule has 0 aliphatic carbocycles. The third kappa shape index (κ3) is 8.14. The maximum atomic E-state index is 9.10. The number of hydrogen-bond acceptors (Lipinski definition) is 5. The van der Waals surface area contributed by atoms with Crippen LogP contribution in [0.3, 0.4) is 0 Å². The molecule has 1 heterocycles. The van der Waals surface area contributed by atoms with Crippen LogP contribution in [0.1, 0.15) is 6.92 Å². The summed E-state index contributed by atoms with van der Waals surface area (Å²) in [5, 5.41) is 15.5. The highest BCUT2D eigenvalue weighted by Crippen LogP contribution is 2.15. The van der Waals surface area contributed by atoms with Crippen LogP contribution in [0.4, 0.5) is 0 Å². The van der Waals surface area contributed by atoms with Gasteiger partial charge in [-0.05, 0) is 30.8 Å². The first kappa shape index (κ1) is 20.2. The molecule has 1 fully saturated rings. The summed E-state index contributed by atoms with van der Waals surface area (Å²) >= 11 is 5.83. The SMILES string of the molecule is CCN1CCN(CCOc2ccc(Cl)cc2)CC1.O=C(O)C(=O)O. The number of nitrogens with zero attached hydrogens (tertiary/aromatic N) is 2. The third-order valence-corrected chi connectivity index (χ3v) is 3.84. The van der Waals surface area contributed by atoms with Crippen molar-refractivity contribution in [2.24, 2.45) is 0 Å². The molecule has 0 unspecified atom stereocenters. The molecule has 1 aliphatic rings. The van der Waals surface area contributed by atoms with Gasteiger partial charge in [0.05, 0.1) is 0 Å². The Morgan fingerprint density at radius 2 is 1.54 bits per heavy atom. The van der Waals surface area contributed by atoms with Crippen LogP contribution in [0.15, 0.2) is 24.3 Å². The van der Waals surface area contributed by atoms with E-state index in [2.05, 4.69) is 16.7 Å². The molecule has 7 nitrogen and oxygen atoms in total. The molecule has 2 rings (SSSR count). The Balaban J connectivity index is 0.000000413. The smallest absolute Gasteiger partial charge is 0.414 e. The van der Waals surface area contributed by atoms with Gasteiger partial charge in [-0.25, -0.2) is 9.59 Å². The minimum Gasteiger partial charge on any atom is -0.492 e. The lowest BCUT2D eigenvalue weighted by Crippen LogP contribution is -2.47. The van der Waals surface area contributed by atoms with E-state index in [4.69, 9.17) is 36.1 Å². The zero-order valence-electron chi connectivity index (χ0n) is 13.7. The lowest BCUT2D eigenvalue weighted by Gasteiger charge is -2.33. The number of ether oxygens (including phenoxy) is 1. The molecule has 0 amide bonds. The van der Waals surface area contributed by atoms with Gasteiger partial charge in [0.2, 0.25) is 0 Å². The van der Waals surface area contributed by atoms with Gasteiger partial charge in [-0.1, -0.05) is 18.5 Å². The van der Waals surface area contributed by atoms with E-state index in [9.17, 15) is 0 Å². The highest BCUT2D eigenvalue weighted by atomic mass is 35.5. The number of hydrogen-bond donors (Lipinski definition) is 2. The number of carboxylic acid groups (broad SMARTS) is 2. The van der Waals surface area contributed by atoms with Gasteiger partial charge in [-0.3, -0.25) is 4.90 Å². The fraction of sp³-hybridized carbons (Fsp3) is 0.500. The summed E-state index contributed by atoms with van der Waals surface area (Å²) in [5.74, 6) is -2.75. The lowest BCUT2D eigenvalue weighted by atomic mass is 10.3. The van der Waals surface area contributed by atoms with Gasteiger partial charge in [0, 0.05) is 37.7 Å². The van der Waals surface area contributed by atoms with Gasteiger partial charge in [0.25, 0.3) is 0 Å². The summed E-state index contributed by atoms with van der Waals surface area (Å²) in [6.07, 6.45) is 0. The Morgan fingerprint density at radius 1 is 1.04 bits per heavy atom. The number of likely N-dealkylation sites (N-methyl/N-ethyl adjacent to an activating group) is 1. The van der Waals surface area contributed by atoms with Crippen molar-refractivity contribution in [1.82, 2.24) is 9.80 Å². The van der Waals surface area contributed by atoms with Crippen LogP contribution in [-0.2, 0) is 9.59 Å². The predicted molar refractivity (Wildman–Crippen MR) is 90.8 cm³/mol. The Bertz CT molecular complexity index is 504. The number of carbonyl (C=O) groups is 2. The molecular weight excluding hydrogens is 336 g/mol. The molecule has 1 aromatic carbocycles. The zero-order chi connectivity index (χ0) is 17.9. The number of benzene rings is 1. The predicted octanol–water partition coefficient (Wildman–Crippen LogP) is 1.51. The van der Waals surface area contributed by atoms with Gasteiger partial charge in [0.1, 0.15) is 12.4 Å². The van der Waals surface area contributed by atoms with Crippen molar-refractivity contribution in [3.8, 4) is 5.75 Å². The van der Waals surface area contributed by atoms with Gasteiger partial charge < -0.3 is 19.8 Å². The van der Waals surface area contributed by atoms with E-state index in [1.807, 2.05) is 24.3 Å². The quantitative estimate of drug-likeness (QED) is 0.771. The second kappa shape index (κ2) is 10.9. The molecule has 0 bridgehead atoms. The van der Waals surface area contributed by atoms with Crippen LogP contribution in [-0.4, -0.2) is 77.8 Å². The van der Waals surface area contributed by atoms with E-state index >= 15 is 0 Å². The minimum absolute atomic E-state index is 0.744. The van der Waals surface area contributed by atoms with Crippen LogP contribution < -0.4 is 4.74 Å². The van der Waals surface area contributed by atoms with Crippen LogP contribution in [0.25, 0.3) is 0 Å². The highest BCUT2D eigenvalue weighted by molar-refractivity contribution is 6.30. The molecule has 1 aliphatic heterocycles. The second-order valence-electron chi connectivity index (χ2n) is 5.19. The minimum atomic E-state index is -1.82. The maximum absolute atomic E-state index is 9.10. The molecule has 0 spiro atoms. The van der Waals surface area contributed by atoms with Crippen LogP contribution in [0.2, 0.25) is 5.02 Å². The number of piperazine rings is 1. The molecule has 1 saturated heterocycles. The van der Waals surface area contributed by atoms with E-state index in [1.54, 1.807) is 0 Å². The van der Waals surface area contributed by atoms with Crippen LogP contribution in [0.5, 0.6) is 5.75 Å². The van der Waals surface area contributed by atoms with E-state index < -0.39 is 11.9 Å². The second-order valence-corrected chi connectivity index (χ2v) is 5.63. The molecule has 1 aromatic rings. The molecule has 8 heteroatoms. The summed E-state index contributed by atoms with van der Waals surface area (Å²) < 4.78 is 5.70. The highest BCUT2D eigenvalue weighted by Gasteiger charge is 2.14. The van der Waals surface area contributed by atoms with Crippen molar-refractivity contribution in [3.63, 3.8) is 0 Å². The molecule has 0 radical (unpaired) electrons. The Kier molecular flexibility index (Phi) is 9.14. The molecule has 2 N–H and O–H groups in total. The lowest BCUT2D eigenvalue weighted by molar-refractivity contribution is -0.159. The first-order valence-corrected chi connectivity index (χ1v) is 8.09. The average molecular weight is 359 g/mol. The number of rotatable bonds is 5. The third-order valence-electron chi connectivity index (χ3n) is 3.58. The van der Waals surface area contributed by atoms with Gasteiger partial charge in [0.15, 0.2) is 0 Å². The van der Waals surface area contributed by atoms with Gasteiger partial charge in [-0.2, -0.15) is 0 Å². The van der Waals surface area contributed by atoms with E-state index in [0.717, 1.165) is 43.6 Å². The van der Waals surface area contributed by atoms with Crippen LogP contribution in [0, 0.1) is 0 Å². The Labute approximate surface area is 146 Å². The number of halogens is 1. The summed E-state index contributed by atoms with van der Waals surface area (Å²) in [5.41, 5.74) is 0. The molecule has 0 aromatic heterocycles. The zero-order valence-corrected chi connectivity index (χ0v) is 14.4. The van der Waals surface area contributed by atoms with Crippen molar-refractivity contribution >= 4 is 23.5 Å². The maximum Gasteiger partial charge on any atom is 0.414 e. The topological polar surface area (TPSA) is 90.3 Å². The molecule has 0 saturated carbocycles. The number of carboxylic acids is 2. The first-order valence-electron chi connectivity index (χ1n) is 7.71. The summed E-state index contributed by atoms with van der Waals surface area (Å²) in [6.45, 7) is 9.78. The normalized spacial score (nSPS) is 15.2. The summed E-state index contributed by atoms with van der Waals surface area (Å²) in [4.78, 5) is 23.1. The van der Waals surface area contributed by atoms with Crippen molar-refractivity contribution in [1.29, 1.82) is 0 Å². The van der Waals surface area contributed by atoms with Crippen molar-refractivity contribution in [3.05, 3.63) is 29.3 Å². The Hall–Kier alpha value is -1.83. The summed E-state index contributed by atoms with van der Waals surface area (Å²) in [6, 6.07) is 7.54. The van der Waals surface area contributed by atoms with Crippen molar-refractivity contribution in [2.45, 2.75) is 6.92 Å². The Morgan fingerprint density at radius 3 is 2.00 bits per heavy atom. The van der Waals surface area contributed by atoms with Crippen LogP contribution >= 0.6 is 11.6 Å². The van der Waals surface area contributed by atoms with Gasteiger partial charge in [-0.15, -0.1) is 0 Å². The monoisotopic (exact) mass is 358 g/mol. The average Bonchev–Trinajstić information content (AvgIpc) is 2.58. The van der Waals surface area contributed by atoms with Gasteiger partial charge >= 0.3 is 11.9 Å². The first-order chi connectivity index (χ1) is 11.4. The fourth-order valence-corrected chi connectivity index (χ4v) is 2.28. The number of aliphatic carboxylic acids is 2. The molecule has 24 heavy (non-hydrogen) atoms. The fourth-order valence-electron chi connectivity index (χ4n) is 2.15.